The van der Waals surface area contributed by atoms with Gasteiger partial charge in [0.05, 0.1) is 0 Å². The first-order valence-corrected chi connectivity index (χ1v) is 3.41. The van der Waals surface area contributed by atoms with Crippen LogP contribution in [0.3, 0.4) is 0 Å². The molecule has 0 bridgehead atoms. The quantitative estimate of drug-likeness (QED) is 0.767. The number of anilines is 1. The monoisotopic (exact) mass is 206 g/mol. The van der Waals surface area contributed by atoms with Crippen LogP contribution in [0.5, 0.6) is 0 Å². The van der Waals surface area contributed by atoms with E-state index in [1.54, 1.807) is 0 Å². The highest BCUT2D eigenvalue weighted by Crippen LogP contribution is 2.22. The molecule has 4 nitrogen and oxygen atoms in total. The van der Waals surface area contributed by atoms with Crippen LogP contribution in [0.1, 0.15) is 22.5 Å². The van der Waals surface area contributed by atoms with Gasteiger partial charge >= 0.3 is 5.97 Å². The standard InChI is InChI=1S/C7H5F3N2O2/c8-4-2(7(13)14)1-3(5(9)10)12-6(4)11/h1,5H,(H2,11,12)(H,13,14). The Morgan fingerprint density at radius 3 is 2.57 bits per heavy atom. The molecule has 0 saturated heterocycles. The van der Waals surface area contributed by atoms with E-state index in [2.05, 4.69) is 4.98 Å². The number of hydrogen-bond donors (Lipinski definition) is 2. The summed E-state index contributed by atoms with van der Waals surface area (Å²) in [7, 11) is 0. The zero-order chi connectivity index (χ0) is 10.9. The van der Waals surface area contributed by atoms with Crippen LogP contribution >= 0.6 is 0 Å². The Balaban J connectivity index is 3.35. The van der Waals surface area contributed by atoms with Crippen LogP contribution in [0.15, 0.2) is 6.07 Å². The van der Waals surface area contributed by atoms with Gasteiger partial charge in [0.25, 0.3) is 6.43 Å². The fourth-order valence-electron chi connectivity index (χ4n) is 0.837. The summed E-state index contributed by atoms with van der Waals surface area (Å²) in [5.74, 6) is -3.82. The van der Waals surface area contributed by atoms with Crippen molar-refractivity contribution in [1.82, 2.24) is 4.98 Å². The van der Waals surface area contributed by atoms with Gasteiger partial charge in [-0.15, -0.1) is 0 Å². The number of nitrogen functional groups attached to an aromatic ring is 1. The normalized spacial score (nSPS) is 10.6. The molecule has 0 radical (unpaired) electrons. The van der Waals surface area contributed by atoms with Crippen molar-refractivity contribution >= 4 is 11.8 Å². The van der Waals surface area contributed by atoms with Gasteiger partial charge in [-0.05, 0) is 6.07 Å². The molecule has 0 spiro atoms. The predicted molar refractivity (Wildman–Crippen MR) is 40.5 cm³/mol. The number of halogens is 3. The highest BCUT2D eigenvalue weighted by molar-refractivity contribution is 5.88. The van der Waals surface area contributed by atoms with Gasteiger partial charge < -0.3 is 10.8 Å². The number of alkyl halides is 2. The highest BCUT2D eigenvalue weighted by Gasteiger charge is 2.19. The maximum atomic E-state index is 12.9. The van der Waals surface area contributed by atoms with Crippen LogP contribution < -0.4 is 5.73 Å². The first kappa shape index (κ1) is 10.3. The van der Waals surface area contributed by atoms with Crippen molar-refractivity contribution in [1.29, 1.82) is 0 Å². The fourth-order valence-corrected chi connectivity index (χ4v) is 0.837. The van der Waals surface area contributed by atoms with E-state index in [9.17, 15) is 18.0 Å². The summed E-state index contributed by atoms with van der Waals surface area (Å²) in [6.45, 7) is 0. The highest BCUT2D eigenvalue weighted by atomic mass is 19.3. The second-order valence-corrected chi connectivity index (χ2v) is 2.40. The molecular formula is C7H5F3N2O2. The third kappa shape index (κ3) is 1.76. The molecule has 1 aromatic heterocycles. The smallest absolute Gasteiger partial charge is 0.338 e. The van der Waals surface area contributed by atoms with Crippen molar-refractivity contribution in [3.05, 3.63) is 23.1 Å². The van der Waals surface area contributed by atoms with Crippen LogP contribution in [0, 0.1) is 5.82 Å². The summed E-state index contributed by atoms with van der Waals surface area (Å²) in [4.78, 5) is 13.4. The zero-order valence-electron chi connectivity index (χ0n) is 6.67. The number of carbonyl (C=O) groups is 1. The second kappa shape index (κ2) is 3.52. The molecule has 0 saturated carbocycles. The SMILES string of the molecule is Nc1nc(C(F)F)cc(C(=O)O)c1F. The lowest BCUT2D eigenvalue weighted by molar-refractivity contribution is 0.0691. The number of nitrogens with zero attached hydrogens (tertiary/aromatic N) is 1. The maximum Gasteiger partial charge on any atom is 0.338 e. The molecule has 0 atom stereocenters. The third-order valence-electron chi connectivity index (χ3n) is 1.46. The van der Waals surface area contributed by atoms with Gasteiger partial charge in [-0.2, -0.15) is 0 Å². The van der Waals surface area contributed by atoms with Gasteiger partial charge in [0.2, 0.25) is 0 Å². The van der Waals surface area contributed by atoms with Crippen LogP contribution in [-0.4, -0.2) is 16.1 Å². The summed E-state index contributed by atoms with van der Waals surface area (Å²) in [6, 6.07) is 0.457. The van der Waals surface area contributed by atoms with E-state index in [0.29, 0.717) is 6.07 Å². The first-order valence-electron chi connectivity index (χ1n) is 3.41. The summed E-state index contributed by atoms with van der Waals surface area (Å²) >= 11 is 0. The molecule has 0 aromatic carbocycles. The number of nitrogens with two attached hydrogens (primary N) is 1. The predicted octanol–water partition coefficient (Wildman–Crippen LogP) is 1.44. The lowest BCUT2D eigenvalue weighted by atomic mass is 10.2. The van der Waals surface area contributed by atoms with Crippen LogP contribution in [0.2, 0.25) is 0 Å². The van der Waals surface area contributed by atoms with Gasteiger partial charge in [0.1, 0.15) is 11.3 Å². The lowest BCUT2D eigenvalue weighted by Gasteiger charge is -2.04. The molecule has 0 aliphatic heterocycles. The number of aromatic nitrogens is 1. The number of carboxylic acid groups (broad SMARTS) is 1. The average molecular weight is 206 g/mol. The molecule has 1 heterocycles. The fraction of sp³-hybridized carbons (Fsp3) is 0.143. The molecular weight excluding hydrogens is 201 g/mol. The number of aromatic carboxylic acids is 1. The minimum absolute atomic E-state index is 0.457. The van der Waals surface area contributed by atoms with Gasteiger partial charge in [-0.25, -0.2) is 22.9 Å². The molecule has 7 heteroatoms. The largest absolute Gasteiger partial charge is 0.478 e. The molecule has 1 aromatic rings. The Hall–Kier alpha value is -1.79. The molecule has 14 heavy (non-hydrogen) atoms. The lowest BCUT2D eigenvalue weighted by Crippen LogP contribution is -2.08. The van der Waals surface area contributed by atoms with E-state index in [0.717, 1.165) is 0 Å². The summed E-state index contributed by atoms with van der Waals surface area (Å²) in [6.07, 6.45) is -2.99. The van der Waals surface area contributed by atoms with Crippen LogP contribution in [0.4, 0.5) is 19.0 Å². The number of carboxylic acids is 1. The third-order valence-corrected chi connectivity index (χ3v) is 1.46. The molecule has 0 aliphatic rings. The molecule has 0 amide bonds. The Morgan fingerprint density at radius 1 is 1.57 bits per heavy atom. The number of pyridine rings is 1. The first-order chi connectivity index (χ1) is 6.43. The molecule has 3 N–H and O–H groups in total. The van der Waals surface area contributed by atoms with Crippen molar-refractivity contribution in [2.45, 2.75) is 6.43 Å². The van der Waals surface area contributed by atoms with Crippen molar-refractivity contribution in [3.8, 4) is 0 Å². The van der Waals surface area contributed by atoms with Gasteiger partial charge in [0, 0.05) is 0 Å². The molecule has 76 valence electrons. The Bertz CT molecular complexity index is 381. The van der Waals surface area contributed by atoms with E-state index < -0.39 is 35.3 Å². The van der Waals surface area contributed by atoms with Gasteiger partial charge in [-0.1, -0.05) is 0 Å². The number of rotatable bonds is 2. The van der Waals surface area contributed by atoms with Gasteiger partial charge in [0.15, 0.2) is 11.6 Å². The molecule has 0 aliphatic carbocycles. The van der Waals surface area contributed by atoms with Crippen molar-refractivity contribution in [2.75, 3.05) is 5.73 Å². The second-order valence-electron chi connectivity index (χ2n) is 2.40. The topological polar surface area (TPSA) is 76.2 Å². The van der Waals surface area contributed by atoms with Crippen molar-refractivity contribution in [2.24, 2.45) is 0 Å². The Labute approximate surface area is 76.2 Å². The molecule has 1 rings (SSSR count). The minimum atomic E-state index is -2.99. The summed E-state index contributed by atoms with van der Waals surface area (Å²) < 4.78 is 37.1. The summed E-state index contributed by atoms with van der Waals surface area (Å²) in [5.41, 5.74) is 3.14. The number of hydrogen-bond acceptors (Lipinski definition) is 3. The Kier molecular flexibility index (Phi) is 2.59. The van der Waals surface area contributed by atoms with Crippen LogP contribution in [-0.2, 0) is 0 Å². The van der Waals surface area contributed by atoms with E-state index in [4.69, 9.17) is 10.8 Å². The van der Waals surface area contributed by atoms with Crippen molar-refractivity contribution < 1.29 is 23.1 Å². The van der Waals surface area contributed by atoms with Gasteiger partial charge in [-0.3, -0.25) is 0 Å². The zero-order valence-corrected chi connectivity index (χ0v) is 6.67. The summed E-state index contributed by atoms with van der Waals surface area (Å²) in [5, 5.41) is 8.43. The van der Waals surface area contributed by atoms with Crippen LogP contribution in [0.25, 0.3) is 0 Å². The Morgan fingerprint density at radius 2 is 2.14 bits per heavy atom. The molecule has 0 fully saturated rings. The average Bonchev–Trinajstić information content (AvgIpc) is 2.08. The van der Waals surface area contributed by atoms with Crippen molar-refractivity contribution in [3.63, 3.8) is 0 Å². The van der Waals surface area contributed by atoms with E-state index >= 15 is 0 Å². The minimum Gasteiger partial charge on any atom is -0.478 e. The van der Waals surface area contributed by atoms with E-state index in [-0.39, 0.29) is 0 Å². The van der Waals surface area contributed by atoms with E-state index in [1.807, 2.05) is 0 Å². The molecule has 0 unspecified atom stereocenters. The van der Waals surface area contributed by atoms with E-state index in [1.165, 1.54) is 0 Å². The maximum absolute atomic E-state index is 12.9.